The maximum atomic E-state index is 11.7. The van der Waals surface area contributed by atoms with E-state index in [9.17, 15) is 9.59 Å². The molecule has 0 radical (unpaired) electrons. The molecule has 16 heavy (non-hydrogen) atoms. The minimum atomic E-state index is -0.974. The second kappa shape index (κ2) is 3.55. The van der Waals surface area contributed by atoms with E-state index in [1.807, 2.05) is 13.8 Å². The Morgan fingerprint density at radius 1 is 1.69 bits per heavy atom. The van der Waals surface area contributed by atoms with E-state index in [1.165, 1.54) is 16.7 Å². The van der Waals surface area contributed by atoms with E-state index in [4.69, 9.17) is 5.11 Å². The molecule has 7 heteroatoms. The number of β-lactam (4-membered cyclic amide) rings is 1. The quantitative estimate of drug-likeness (QED) is 0.446. The van der Waals surface area contributed by atoms with Gasteiger partial charge in [-0.2, -0.15) is 0 Å². The average molecular weight is 258 g/mol. The molecule has 3 unspecified atom stereocenters. The fourth-order valence-corrected chi connectivity index (χ4v) is 3.89. The van der Waals surface area contributed by atoms with Crippen molar-refractivity contribution >= 4 is 41.0 Å². The highest BCUT2D eigenvalue weighted by Crippen LogP contribution is 2.51. The van der Waals surface area contributed by atoms with Crippen LogP contribution in [0.3, 0.4) is 0 Å². The number of fused-ring (bicyclic) bond motifs is 1. The van der Waals surface area contributed by atoms with E-state index in [1.54, 1.807) is 0 Å². The molecule has 2 heterocycles. The van der Waals surface area contributed by atoms with Crippen LogP contribution in [0.1, 0.15) is 13.8 Å². The zero-order valence-corrected chi connectivity index (χ0v) is 10.3. The number of isothiocyanates is 1. The number of aliphatic carboxylic acids is 1. The summed E-state index contributed by atoms with van der Waals surface area (Å²) in [6, 6.07) is -1.34. The Balaban J connectivity index is 2.31. The Morgan fingerprint density at radius 3 is 2.81 bits per heavy atom. The fourth-order valence-electron chi connectivity index (χ4n) is 2.17. The summed E-state index contributed by atoms with van der Waals surface area (Å²) in [7, 11) is 0. The lowest BCUT2D eigenvalue weighted by Crippen LogP contribution is -2.64. The lowest BCUT2D eigenvalue weighted by atomic mass is 9.96. The number of hydrogen-bond donors (Lipinski definition) is 1. The minimum absolute atomic E-state index is 0.209. The van der Waals surface area contributed by atoms with Gasteiger partial charge in [-0.3, -0.25) is 4.79 Å². The van der Waals surface area contributed by atoms with Crippen LogP contribution >= 0.6 is 24.0 Å². The summed E-state index contributed by atoms with van der Waals surface area (Å²) < 4.78 is -0.502. The molecule has 3 atom stereocenters. The summed E-state index contributed by atoms with van der Waals surface area (Å²) in [6.45, 7) is 3.64. The Labute approximate surface area is 102 Å². The van der Waals surface area contributed by atoms with Gasteiger partial charge in [-0.05, 0) is 26.1 Å². The molecule has 0 aromatic heterocycles. The van der Waals surface area contributed by atoms with Crippen LogP contribution in [0.2, 0.25) is 0 Å². The van der Waals surface area contributed by atoms with Crippen molar-refractivity contribution in [3.63, 3.8) is 0 Å². The normalized spacial score (nSPS) is 35.0. The number of carboxylic acids is 1. The van der Waals surface area contributed by atoms with Crippen LogP contribution in [0, 0.1) is 0 Å². The van der Waals surface area contributed by atoms with Gasteiger partial charge in [0.25, 0.3) is 5.91 Å². The van der Waals surface area contributed by atoms with Gasteiger partial charge in [-0.1, -0.05) is 0 Å². The second-order valence-electron chi connectivity index (χ2n) is 4.26. The van der Waals surface area contributed by atoms with Crippen molar-refractivity contribution in [3.05, 3.63) is 0 Å². The van der Waals surface area contributed by atoms with Crippen molar-refractivity contribution in [1.82, 2.24) is 4.90 Å². The second-order valence-corrected chi connectivity index (χ2v) is 6.22. The van der Waals surface area contributed by atoms with Gasteiger partial charge in [-0.15, -0.1) is 11.8 Å². The first-order chi connectivity index (χ1) is 7.40. The number of amides is 1. The molecule has 0 aromatic carbocycles. The molecule has 5 nitrogen and oxygen atoms in total. The van der Waals surface area contributed by atoms with E-state index in [2.05, 4.69) is 22.4 Å². The topological polar surface area (TPSA) is 70.0 Å². The number of carboxylic acid groups (broad SMARTS) is 1. The van der Waals surface area contributed by atoms with Crippen molar-refractivity contribution in [2.24, 2.45) is 4.99 Å². The highest BCUT2D eigenvalue weighted by atomic mass is 32.2. The van der Waals surface area contributed by atoms with Crippen molar-refractivity contribution in [2.75, 3.05) is 0 Å². The van der Waals surface area contributed by atoms with Crippen LogP contribution in [0.5, 0.6) is 0 Å². The fraction of sp³-hybridized carbons (Fsp3) is 0.667. The molecule has 2 fully saturated rings. The molecule has 0 aliphatic carbocycles. The summed E-state index contributed by atoms with van der Waals surface area (Å²) in [5.74, 6) is -1.24. The Hall–Kier alpha value is -0.910. The predicted molar refractivity (Wildman–Crippen MR) is 62.5 cm³/mol. The van der Waals surface area contributed by atoms with Gasteiger partial charge in [0.1, 0.15) is 11.4 Å². The van der Waals surface area contributed by atoms with Gasteiger partial charge in [0, 0.05) is 4.75 Å². The number of thiocarbonyl (C=S) groups is 1. The molecule has 2 saturated heterocycles. The minimum Gasteiger partial charge on any atom is -0.480 e. The summed E-state index contributed by atoms with van der Waals surface area (Å²) in [4.78, 5) is 28.0. The highest BCUT2D eigenvalue weighted by molar-refractivity contribution is 8.01. The third kappa shape index (κ3) is 1.39. The van der Waals surface area contributed by atoms with E-state index in [0.29, 0.717) is 0 Å². The van der Waals surface area contributed by atoms with Gasteiger partial charge in [0.2, 0.25) is 0 Å². The number of nitrogens with zero attached hydrogens (tertiary/aromatic N) is 2. The van der Waals surface area contributed by atoms with Gasteiger partial charge in [0.15, 0.2) is 6.04 Å². The average Bonchev–Trinajstić information content (AvgIpc) is 2.43. The lowest BCUT2D eigenvalue weighted by Gasteiger charge is -2.40. The molecule has 2 aliphatic heterocycles. The van der Waals surface area contributed by atoms with Gasteiger partial charge in [-0.25, -0.2) is 9.79 Å². The summed E-state index contributed by atoms with van der Waals surface area (Å²) in [6.07, 6.45) is 0. The number of thioether (sulfide) groups is 1. The largest absolute Gasteiger partial charge is 0.480 e. The summed E-state index contributed by atoms with van der Waals surface area (Å²) >= 11 is 5.92. The van der Waals surface area contributed by atoms with Gasteiger partial charge in [0.05, 0.1) is 5.16 Å². The first kappa shape index (κ1) is 11.6. The maximum absolute atomic E-state index is 11.7. The smallest absolute Gasteiger partial charge is 0.327 e. The molecule has 1 amide bonds. The van der Waals surface area contributed by atoms with Gasteiger partial charge >= 0.3 is 5.97 Å². The Kier molecular flexibility index (Phi) is 2.57. The monoisotopic (exact) mass is 258 g/mol. The van der Waals surface area contributed by atoms with E-state index in [-0.39, 0.29) is 11.3 Å². The molecular weight excluding hydrogens is 248 g/mol. The molecule has 2 rings (SSSR count). The zero-order chi connectivity index (χ0) is 12.1. The number of aliphatic imine (C=N–C) groups is 1. The zero-order valence-electron chi connectivity index (χ0n) is 8.71. The van der Waals surface area contributed by atoms with E-state index < -0.39 is 22.8 Å². The van der Waals surface area contributed by atoms with E-state index >= 15 is 0 Å². The number of hydrogen-bond acceptors (Lipinski definition) is 5. The first-order valence-corrected chi connectivity index (χ1v) is 5.98. The van der Waals surface area contributed by atoms with Gasteiger partial charge < -0.3 is 10.0 Å². The number of rotatable bonds is 2. The molecule has 0 bridgehead atoms. The molecule has 0 aromatic rings. The summed E-state index contributed by atoms with van der Waals surface area (Å²) in [5, 5.41) is 11.1. The van der Waals surface area contributed by atoms with Crippen LogP contribution in [0.15, 0.2) is 4.99 Å². The van der Waals surface area contributed by atoms with Crippen LogP contribution in [0.4, 0.5) is 0 Å². The van der Waals surface area contributed by atoms with Crippen LogP contribution in [-0.4, -0.2) is 49.2 Å². The van der Waals surface area contributed by atoms with Crippen LogP contribution < -0.4 is 0 Å². The van der Waals surface area contributed by atoms with Crippen LogP contribution in [0.25, 0.3) is 0 Å². The standard InChI is InChI=1S/C9H10N2O3S2/c1-9(2)5(8(13)14)11-6(12)4(10-3-15)7(11)16-9/h4-5,7H,1-2H3,(H,13,14). The molecule has 2 aliphatic rings. The highest BCUT2D eigenvalue weighted by Gasteiger charge is 2.64. The SMILES string of the molecule is CC1(C)SC2C(N=C=S)C(=O)N2C1C(=O)O. The van der Waals surface area contributed by atoms with Crippen molar-refractivity contribution < 1.29 is 14.7 Å². The number of carbonyl (C=O) groups is 2. The number of carbonyl (C=O) groups excluding carboxylic acids is 1. The Morgan fingerprint density at radius 2 is 2.31 bits per heavy atom. The Bertz CT molecular complexity index is 417. The summed E-state index contributed by atoms with van der Waals surface area (Å²) in [5.41, 5.74) is 0. The van der Waals surface area contributed by atoms with Crippen molar-refractivity contribution in [1.29, 1.82) is 0 Å². The van der Waals surface area contributed by atoms with Crippen molar-refractivity contribution in [2.45, 2.75) is 36.1 Å². The molecular formula is C9H10N2O3S2. The molecule has 0 spiro atoms. The molecule has 0 saturated carbocycles. The predicted octanol–water partition coefficient (Wildman–Crippen LogP) is 0.605. The van der Waals surface area contributed by atoms with E-state index in [0.717, 1.165) is 0 Å². The maximum Gasteiger partial charge on any atom is 0.327 e. The third-order valence-electron chi connectivity index (χ3n) is 2.84. The first-order valence-electron chi connectivity index (χ1n) is 4.70. The van der Waals surface area contributed by atoms with Crippen LogP contribution in [-0.2, 0) is 9.59 Å². The molecule has 86 valence electrons. The van der Waals surface area contributed by atoms with Crippen molar-refractivity contribution in [3.8, 4) is 0 Å². The third-order valence-corrected chi connectivity index (χ3v) is 4.50. The molecule has 1 N–H and O–H groups in total. The lowest BCUT2D eigenvalue weighted by molar-refractivity contribution is -0.158.